The molecule has 0 saturated carbocycles. The first-order chi connectivity index (χ1) is 10.2. The van der Waals surface area contributed by atoms with E-state index in [1.54, 1.807) is 19.4 Å². The molecule has 1 aromatic heterocycles. The van der Waals surface area contributed by atoms with Gasteiger partial charge in [-0.1, -0.05) is 23.7 Å². The van der Waals surface area contributed by atoms with Crippen molar-refractivity contribution in [1.82, 2.24) is 5.32 Å². The maximum atomic E-state index is 13.6. The van der Waals surface area contributed by atoms with Crippen LogP contribution in [0.4, 0.5) is 4.39 Å². The van der Waals surface area contributed by atoms with Gasteiger partial charge in [0, 0.05) is 23.6 Å². The lowest BCUT2D eigenvalue weighted by Crippen LogP contribution is -2.07. The Hall–Kier alpha value is -2.04. The monoisotopic (exact) mass is 305 g/mol. The highest BCUT2D eigenvalue weighted by Gasteiger charge is 2.13. The zero-order chi connectivity index (χ0) is 14.8. The highest BCUT2D eigenvalue weighted by Crippen LogP contribution is 2.34. The molecule has 2 aromatic carbocycles. The van der Waals surface area contributed by atoms with Crippen LogP contribution in [0, 0.1) is 5.82 Å². The molecule has 0 atom stereocenters. The minimum atomic E-state index is -0.467. The maximum Gasteiger partial charge on any atom is 0.176 e. The van der Waals surface area contributed by atoms with E-state index in [1.165, 1.54) is 12.1 Å². The first-order valence-electron chi connectivity index (χ1n) is 6.45. The molecule has 0 amide bonds. The van der Waals surface area contributed by atoms with Crippen molar-refractivity contribution >= 4 is 22.6 Å². The lowest BCUT2D eigenvalue weighted by atomic mass is 10.2. The molecule has 0 spiro atoms. The summed E-state index contributed by atoms with van der Waals surface area (Å²) in [5.41, 5.74) is 1.33. The van der Waals surface area contributed by atoms with Crippen LogP contribution >= 0.6 is 11.6 Å². The fraction of sp³-hybridized carbons (Fsp3) is 0.125. The van der Waals surface area contributed by atoms with Crippen molar-refractivity contribution in [2.24, 2.45) is 0 Å². The fourth-order valence-electron chi connectivity index (χ4n) is 2.16. The predicted molar refractivity (Wildman–Crippen MR) is 80.5 cm³/mol. The molecule has 0 unspecified atom stereocenters. The van der Waals surface area contributed by atoms with E-state index in [0.29, 0.717) is 29.2 Å². The molecule has 3 aromatic rings. The molecule has 0 aliphatic rings. The van der Waals surface area contributed by atoms with Crippen LogP contribution < -0.4 is 10.1 Å². The smallest absolute Gasteiger partial charge is 0.176 e. The van der Waals surface area contributed by atoms with Gasteiger partial charge < -0.3 is 14.5 Å². The van der Waals surface area contributed by atoms with Crippen LogP contribution in [0.5, 0.6) is 11.5 Å². The summed E-state index contributed by atoms with van der Waals surface area (Å²) in [6.45, 7) is 0.470. The largest absolute Gasteiger partial charge is 0.460 e. The minimum absolute atomic E-state index is 0.0245. The van der Waals surface area contributed by atoms with Gasteiger partial charge in [0.2, 0.25) is 0 Å². The minimum Gasteiger partial charge on any atom is -0.460 e. The van der Waals surface area contributed by atoms with Gasteiger partial charge in [0.25, 0.3) is 0 Å². The molecule has 0 aliphatic carbocycles. The second kappa shape index (κ2) is 5.76. The van der Waals surface area contributed by atoms with Crippen molar-refractivity contribution in [1.29, 1.82) is 0 Å². The second-order valence-corrected chi connectivity index (χ2v) is 5.01. The average molecular weight is 306 g/mol. The Balaban J connectivity index is 2.04. The molecule has 1 heterocycles. The first kappa shape index (κ1) is 13.9. The van der Waals surface area contributed by atoms with Crippen LogP contribution in [0.1, 0.15) is 5.56 Å². The second-order valence-electron chi connectivity index (χ2n) is 4.60. The lowest BCUT2D eigenvalue weighted by molar-refractivity contribution is 0.463. The van der Waals surface area contributed by atoms with Crippen LogP contribution in [0.25, 0.3) is 11.0 Å². The molecule has 3 nitrogen and oxygen atoms in total. The van der Waals surface area contributed by atoms with Gasteiger partial charge in [0.15, 0.2) is 11.3 Å². The topological polar surface area (TPSA) is 34.4 Å². The third-order valence-corrected chi connectivity index (χ3v) is 3.42. The summed E-state index contributed by atoms with van der Waals surface area (Å²) in [5.74, 6) is 0.600. The van der Waals surface area contributed by atoms with Crippen LogP contribution in [0.2, 0.25) is 5.02 Å². The summed E-state index contributed by atoms with van der Waals surface area (Å²) in [7, 11) is 1.78. The van der Waals surface area contributed by atoms with E-state index in [2.05, 4.69) is 5.32 Å². The Morgan fingerprint density at radius 2 is 2.10 bits per heavy atom. The number of para-hydroxylation sites is 1. The Morgan fingerprint density at radius 1 is 1.24 bits per heavy atom. The van der Waals surface area contributed by atoms with Gasteiger partial charge in [-0.2, -0.15) is 0 Å². The molecule has 0 fully saturated rings. The predicted octanol–water partition coefficient (Wildman–Crippen LogP) is 4.74. The van der Waals surface area contributed by atoms with Gasteiger partial charge in [-0.05, 0) is 25.2 Å². The van der Waals surface area contributed by atoms with Crippen LogP contribution in [0.15, 0.2) is 47.1 Å². The van der Waals surface area contributed by atoms with Crippen molar-refractivity contribution < 1.29 is 13.5 Å². The molecule has 1 N–H and O–H groups in total. The van der Waals surface area contributed by atoms with Crippen molar-refractivity contribution in [3.63, 3.8) is 0 Å². The van der Waals surface area contributed by atoms with Crippen molar-refractivity contribution in [3.05, 3.63) is 59.1 Å². The highest BCUT2D eigenvalue weighted by atomic mass is 35.5. The molecular weight excluding hydrogens is 293 g/mol. The lowest BCUT2D eigenvalue weighted by Gasteiger charge is -2.12. The number of hydrogen-bond donors (Lipinski definition) is 1. The number of hydrogen-bond acceptors (Lipinski definition) is 3. The zero-order valence-electron chi connectivity index (χ0n) is 11.3. The zero-order valence-corrected chi connectivity index (χ0v) is 12.1. The van der Waals surface area contributed by atoms with Gasteiger partial charge >= 0.3 is 0 Å². The molecule has 5 heteroatoms. The summed E-state index contributed by atoms with van der Waals surface area (Å²) in [4.78, 5) is 0. The Labute approximate surface area is 126 Å². The molecule has 3 rings (SSSR count). The molecule has 0 radical (unpaired) electrons. The van der Waals surface area contributed by atoms with E-state index < -0.39 is 5.82 Å². The molecular formula is C16H13ClFNO2. The van der Waals surface area contributed by atoms with Crippen molar-refractivity contribution in [2.45, 2.75) is 6.54 Å². The molecule has 21 heavy (non-hydrogen) atoms. The number of nitrogens with one attached hydrogen (secondary N) is 1. The number of furan rings is 1. The van der Waals surface area contributed by atoms with Gasteiger partial charge in [-0.25, -0.2) is 4.39 Å². The molecule has 108 valence electrons. The normalized spacial score (nSPS) is 11.0. The average Bonchev–Trinajstić information content (AvgIpc) is 2.94. The van der Waals surface area contributed by atoms with Crippen LogP contribution in [0.3, 0.4) is 0 Å². The van der Waals surface area contributed by atoms with Gasteiger partial charge in [-0.15, -0.1) is 0 Å². The summed E-state index contributed by atoms with van der Waals surface area (Å²) in [6, 6.07) is 10.3. The number of benzene rings is 2. The Kier molecular flexibility index (Phi) is 3.82. The van der Waals surface area contributed by atoms with Gasteiger partial charge in [-0.3, -0.25) is 0 Å². The van der Waals surface area contributed by atoms with E-state index in [9.17, 15) is 4.39 Å². The Morgan fingerprint density at radius 3 is 2.90 bits per heavy atom. The fourth-order valence-corrected chi connectivity index (χ4v) is 2.31. The highest BCUT2D eigenvalue weighted by molar-refractivity contribution is 6.30. The van der Waals surface area contributed by atoms with Crippen molar-refractivity contribution in [3.8, 4) is 11.5 Å². The van der Waals surface area contributed by atoms with Crippen LogP contribution in [-0.4, -0.2) is 7.05 Å². The maximum absolute atomic E-state index is 13.6. The summed E-state index contributed by atoms with van der Waals surface area (Å²) in [5, 5.41) is 3.94. The van der Waals surface area contributed by atoms with E-state index >= 15 is 0 Å². The molecule has 0 saturated heterocycles. The summed E-state index contributed by atoms with van der Waals surface area (Å²) in [6.07, 6.45) is 1.60. The van der Waals surface area contributed by atoms with Gasteiger partial charge in [0.1, 0.15) is 11.6 Å². The van der Waals surface area contributed by atoms with E-state index in [-0.39, 0.29) is 5.02 Å². The van der Waals surface area contributed by atoms with Gasteiger partial charge in [0.05, 0.1) is 11.3 Å². The van der Waals surface area contributed by atoms with E-state index in [4.69, 9.17) is 20.8 Å². The van der Waals surface area contributed by atoms with E-state index in [1.807, 2.05) is 18.2 Å². The molecule has 0 bridgehead atoms. The van der Waals surface area contributed by atoms with Crippen LogP contribution in [-0.2, 0) is 6.54 Å². The summed E-state index contributed by atoms with van der Waals surface area (Å²) >= 11 is 5.85. The standard InChI is InChI=1S/C16H13ClFNO2/c1-19-9-11-7-13(18)12(17)8-15(11)21-14-4-2-3-10-5-6-20-16(10)14/h2-8,19H,9H2,1H3. The quantitative estimate of drug-likeness (QED) is 0.756. The third-order valence-electron chi connectivity index (χ3n) is 3.13. The number of rotatable bonds is 4. The van der Waals surface area contributed by atoms with E-state index in [0.717, 1.165) is 5.39 Å². The first-order valence-corrected chi connectivity index (χ1v) is 6.83. The Bertz CT molecular complexity index is 785. The summed E-state index contributed by atoms with van der Waals surface area (Å²) < 4.78 is 24.9. The number of fused-ring (bicyclic) bond motifs is 1. The SMILES string of the molecule is CNCc1cc(F)c(Cl)cc1Oc1cccc2ccoc12. The number of halogens is 2. The van der Waals surface area contributed by atoms with Crippen molar-refractivity contribution in [2.75, 3.05) is 7.05 Å². The molecule has 0 aliphatic heterocycles. The third kappa shape index (κ3) is 2.73. The number of ether oxygens (including phenoxy) is 1.